The molecule has 0 aliphatic carbocycles. The Morgan fingerprint density at radius 3 is 2.48 bits per heavy atom. The molecule has 0 aliphatic heterocycles. The first-order valence-electron chi connectivity index (χ1n) is 6.14. The van der Waals surface area contributed by atoms with E-state index in [9.17, 15) is 14.9 Å². The second-order valence-electron chi connectivity index (χ2n) is 5.28. The van der Waals surface area contributed by atoms with E-state index in [-0.39, 0.29) is 17.0 Å². The lowest BCUT2D eigenvalue weighted by Gasteiger charge is -2.21. The number of ether oxygens (including phenoxy) is 2. The van der Waals surface area contributed by atoms with Crippen molar-refractivity contribution in [2.75, 3.05) is 7.11 Å². The van der Waals surface area contributed by atoms with Crippen molar-refractivity contribution in [1.29, 1.82) is 5.26 Å². The van der Waals surface area contributed by atoms with Crippen molar-refractivity contribution < 1.29 is 19.2 Å². The number of rotatable bonds is 4. The van der Waals surface area contributed by atoms with Gasteiger partial charge in [0.2, 0.25) is 0 Å². The molecule has 7 heteroatoms. The number of nitriles is 1. The van der Waals surface area contributed by atoms with Crippen LogP contribution in [0.4, 0.5) is 5.69 Å². The summed E-state index contributed by atoms with van der Waals surface area (Å²) in [4.78, 5) is 22.2. The van der Waals surface area contributed by atoms with Crippen LogP contribution in [0.1, 0.15) is 32.3 Å². The largest absolute Gasteiger partial charge is 0.490 e. The normalized spacial score (nSPS) is 12.1. The first kappa shape index (κ1) is 16.4. The summed E-state index contributed by atoms with van der Waals surface area (Å²) in [5.41, 5.74) is -0.673. The monoisotopic (exact) mass is 292 g/mol. The van der Waals surface area contributed by atoms with Gasteiger partial charge in [-0.1, -0.05) is 0 Å². The van der Waals surface area contributed by atoms with Crippen LogP contribution in [0.5, 0.6) is 5.75 Å². The number of nitro groups is 1. The average molecular weight is 292 g/mol. The van der Waals surface area contributed by atoms with Gasteiger partial charge in [-0.25, -0.2) is 0 Å². The molecule has 1 aromatic carbocycles. The van der Waals surface area contributed by atoms with Gasteiger partial charge in [0.1, 0.15) is 5.60 Å². The maximum Gasteiger partial charge on any atom is 0.328 e. The summed E-state index contributed by atoms with van der Waals surface area (Å²) in [7, 11) is 1.28. The third kappa shape index (κ3) is 4.18. The zero-order valence-electron chi connectivity index (χ0n) is 12.2. The summed E-state index contributed by atoms with van der Waals surface area (Å²) < 4.78 is 10.1. The van der Waals surface area contributed by atoms with E-state index in [2.05, 4.69) is 0 Å². The molecule has 0 spiro atoms. The van der Waals surface area contributed by atoms with Crippen LogP contribution in [0.25, 0.3) is 0 Å². The van der Waals surface area contributed by atoms with E-state index < -0.39 is 22.4 Å². The van der Waals surface area contributed by atoms with Gasteiger partial charge in [-0.2, -0.15) is 5.26 Å². The minimum absolute atomic E-state index is 0.0127. The number of hydrogen-bond donors (Lipinski definition) is 0. The Morgan fingerprint density at radius 1 is 1.43 bits per heavy atom. The van der Waals surface area contributed by atoms with Crippen molar-refractivity contribution in [3.05, 3.63) is 33.9 Å². The van der Waals surface area contributed by atoms with E-state index in [0.717, 1.165) is 0 Å². The van der Waals surface area contributed by atoms with Crippen LogP contribution in [0, 0.1) is 21.4 Å². The number of carbonyl (C=O) groups excluding carboxylic acids is 1. The molecule has 1 unspecified atom stereocenters. The highest BCUT2D eigenvalue weighted by atomic mass is 16.6. The average Bonchev–Trinajstić information content (AvgIpc) is 2.36. The lowest BCUT2D eigenvalue weighted by molar-refractivity contribution is -0.385. The molecule has 0 radical (unpaired) electrons. The molecule has 0 bridgehead atoms. The van der Waals surface area contributed by atoms with Crippen molar-refractivity contribution in [1.82, 2.24) is 0 Å². The number of esters is 1. The van der Waals surface area contributed by atoms with Crippen molar-refractivity contribution in [2.24, 2.45) is 0 Å². The highest BCUT2D eigenvalue weighted by molar-refractivity contribution is 5.82. The molecule has 0 aliphatic rings. The molecule has 0 heterocycles. The van der Waals surface area contributed by atoms with E-state index in [1.165, 1.54) is 25.3 Å². The van der Waals surface area contributed by atoms with Crippen LogP contribution < -0.4 is 4.74 Å². The Morgan fingerprint density at radius 2 is 2.05 bits per heavy atom. The van der Waals surface area contributed by atoms with Gasteiger partial charge in [-0.3, -0.25) is 14.9 Å². The SMILES string of the molecule is COc1cc(C(C#N)C(=O)OC(C)(C)C)ccc1[N+](=O)[O-]. The molecular formula is C14H16N2O5. The number of hydrogen-bond acceptors (Lipinski definition) is 6. The zero-order valence-corrected chi connectivity index (χ0v) is 12.2. The van der Waals surface area contributed by atoms with Gasteiger partial charge in [-0.05, 0) is 38.5 Å². The zero-order chi connectivity index (χ0) is 16.2. The second kappa shape index (κ2) is 6.22. The van der Waals surface area contributed by atoms with Gasteiger partial charge < -0.3 is 9.47 Å². The van der Waals surface area contributed by atoms with E-state index in [0.29, 0.717) is 0 Å². The molecule has 0 N–H and O–H groups in total. The summed E-state index contributed by atoms with van der Waals surface area (Å²) >= 11 is 0. The molecule has 21 heavy (non-hydrogen) atoms. The van der Waals surface area contributed by atoms with Crippen LogP contribution in [-0.2, 0) is 9.53 Å². The number of carbonyl (C=O) groups is 1. The lowest BCUT2D eigenvalue weighted by atomic mass is 9.99. The maximum atomic E-state index is 12.0. The van der Waals surface area contributed by atoms with Crippen LogP contribution in [-0.4, -0.2) is 23.6 Å². The number of methoxy groups -OCH3 is 1. The molecule has 0 fully saturated rings. The molecule has 1 aromatic rings. The summed E-state index contributed by atoms with van der Waals surface area (Å²) in [6.07, 6.45) is 0. The quantitative estimate of drug-likeness (QED) is 0.480. The predicted octanol–water partition coefficient (Wildman–Crippen LogP) is 2.55. The molecule has 0 amide bonds. The van der Waals surface area contributed by atoms with E-state index in [4.69, 9.17) is 14.7 Å². The van der Waals surface area contributed by atoms with Gasteiger partial charge in [0.25, 0.3) is 0 Å². The van der Waals surface area contributed by atoms with Crippen molar-refractivity contribution in [2.45, 2.75) is 32.3 Å². The van der Waals surface area contributed by atoms with E-state index >= 15 is 0 Å². The van der Waals surface area contributed by atoms with Crippen molar-refractivity contribution >= 4 is 11.7 Å². The summed E-state index contributed by atoms with van der Waals surface area (Å²) in [5, 5.41) is 20.0. The van der Waals surface area contributed by atoms with E-state index in [1.807, 2.05) is 6.07 Å². The fraction of sp³-hybridized carbons (Fsp3) is 0.429. The fourth-order valence-corrected chi connectivity index (χ4v) is 1.65. The molecule has 0 saturated heterocycles. The maximum absolute atomic E-state index is 12.0. The van der Waals surface area contributed by atoms with Crippen molar-refractivity contribution in [3.8, 4) is 11.8 Å². The van der Waals surface area contributed by atoms with Gasteiger partial charge in [0.15, 0.2) is 11.7 Å². The van der Waals surface area contributed by atoms with Gasteiger partial charge in [0, 0.05) is 6.07 Å². The molecular weight excluding hydrogens is 276 g/mol. The van der Waals surface area contributed by atoms with E-state index in [1.54, 1.807) is 20.8 Å². The molecule has 0 saturated carbocycles. The first-order valence-corrected chi connectivity index (χ1v) is 6.14. The van der Waals surface area contributed by atoms with Crippen molar-refractivity contribution in [3.63, 3.8) is 0 Å². The number of benzene rings is 1. The van der Waals surface area contributed by atoms with Crippen LogP contribution in [0.3, 0.4) is 0 Å². The van der Waals surface area contributed by atoms with Crippen LogP contribution in [0.15, 0.2) is 18.2 Å². The minimum atomic E-state index is -1.17. The number of nitro benzene ring substituents is 1. The summed E-state index contributed by atoms with van der Waals surface area (Å²) in [6.45, 7) is 5.07. The number of nitrogens with zero attached hydrogens (tertiary/aromatic N) is 2. The topological polar surface area (TPSA) is 102 Å². The van der Waals surface area contributed by atoms with Crippen LogP contribution >= 0.6 is 0 Å². The molecule has 7 nitrogen and oxygen atoms in total. The Bertz CT molecular complexity index is 598. The molecule has 1 rings (SSSR count). The Kier molecular flexibility index (Phi) is 4.87. The van der Waals surface area contributed by atoms with Gasteiger partial charge in [0.05, 0.1) is 18.1 Å². The Labute approximate surface area is 122 Å². The minimum Gasteiger partial charge on any atom is -0.490 e. The highest BCUT2D eigenvalue weighted by Crippen LogP contribution is 2.31. The smallest absolute Gasteiger partial charge is 0.328 e. The third-order valence-electron chi connectivity index (χ3n) is 2.51. The molecule has 0 aromatic heterocycles. The fourth-order valence-electron chi connectivity index (χ4n) is 1.65. The first-order chi connectivity index (χ1) is 9.69. The van der Waals surface area contributed by atoms with Crippen LogP contribution in [0.2, 0.25) is 0 Å². The Balaban J connectivity index is 3.16. The standard InChI is InChI=1S/C14H16N2O5/c1-14(2,3)21-13(17)10(8-15)9-5-6-11(16(18)19)12(7-9)20-4/h5-7,10H,1-4H3. The molecule has 1 atom stereocenters. The third-order valence-corrected chi connectivity index (χ3v) is 2.51. The second-order valence-corrected chi connectivity index (χ2v) is 5.28. The summed E-state index contributed by atoms with van der Waals surface area (Å²) in [6, 6.07) is 5.69. The van der Waals surface area contributed by atoms with Gasteiger partial charge >= 0.3 is 11.7 Å². The van der Waals surface area contributed by atoms with Gasteiger partial charge in [-0.15, -0.1) is 0 Å². The summed E-state index contributed by atoms with van der Waals surface area (Å²) in [5.74, 6) is -1.89. The highest BCUT2D eigenvalue weighted by Gasteiger charge is 2.28. The lowest BCUT2D eigenvalue weighted by Crippen LogP contribution is -2.27. The molecule has 112 valence electrons. The predicted molar refractivity (Wildman–Crippen MR) is 73.8 cm³/mol. The Hall–Kier alpha value is -2.62.